The lowest BCUT2D eigenvalue weighted by molar-refractivity contribution is 0.0951. The third-order valence-electron chi connectivity index (χ3n) is 4.89. The van der Waals surface area contributed by atoms with Crippen LogP contribution in [0.25, 0.3) is 22.5 Å². The second-order valence-electron chi connectivity index (χ2n) is 7.44. The summed E-state index contributed by atoms with van der Waals surface area (Å²) in [7, 11) is 1.61. The highest BCUT2D eigenvalue weighted by molar-refractivity contribution is 6.06. The third-order valence-corrected chi connectivity index (χ3v) is 4.89. The van der Waals surface area contributed by atoms with Crippen LogP contribution in [0.5, 0.6) is 5.88 Å². The Morgan fingerprint density at radius 3 is 2.88 bits per heavy atom. The van der Waals surface area contributed by atoms with Crippen LogP contribution in [-0.2, 0) is 11.3 Å². The van der Waals surface area contributed by atoms with Crippen molar-refractivity contribution in [2.24, 2.45) is 0 Å². The van der Waals surface area contributed by atoms with Crippen LogP contribution in [-0.4, -0.2) is 46.0 Å². The summed E-state index contributed by atoms with van der Waals surface area (Å²) in [5.41, 5.74) is 2.44. The Morgan fingerprint density at radius 1 is 1.25 bits per heavy atom. The maximum absolute atomic E-state index is 13.2. The largest absolute Gasteiger partial charge is 0.475 e. The number of aromatic nitrogens is 4. The summed E-state index contributed by atoms with van der Waals surface area (Å²) in [5, 5.41) is 8.08. The van der Waals surface area contributed by atoms with E-state index >= 15 is 0 Å². The second kappa shape index (κ2) is 9.61. The summed E-state index contributed by atoms with van der Waals surface area (Å²) in [5.74, 6) is 0.798. The summed E-state index contributed by atoms with van der Waals surface area (Å²) in [4.78, 5) is 22.2. The number of carbonyl (C=O) groups is 1. The highest BCUT2D eigenvalue weighted by Gasteiger charge is 2.19. The number of nitrogens with zero attached hydrogens (tertiary/aromatic N) is 4. The van der Waals surface area contributed by atoms with Crippen LogP contribution in [0.15, 0.2) is 53.4 Å². The monoisotopic (exact) mass is 435 g/mol. The maximum atomic E-state index is 13.2. The molecule has 166 valence electrons. The molecule has 4 heterocycles. The number of fused-ring (bicyclic) bond motifs is 1. The van der Waals surface area contributed by atoms with E-state index in [1.165, 1.54) is 0 Å². The number of furan rings is 1. The Bertz CT molecular complexity index is 1200. The minimum atomic E-state index is -0.250. The molecule has 0 aliphatic heterocycles. The lowest BCUT2D eigenvalue weighted by atomic mass is 10.1. The van der Waals surface area contributed by atoms with Gasteiger partial charge in [-0.3, -0.25) is 4.79 Å². The summed E-state index contributed by atoms with van der Waals surface area (Å²) in [6.45, 7) is 5.11. The van der Waals surface area contributed by atoms with Crippen LogP contribution in [0, 0.1) is 0 Å². The van der Waals surface area contributed by atoms with Crippen molar-refractivity contribution < 1.29 is 18.7 Å². The fourth-order valence-electron chi connectivity index (χ4n) is 3.32. The fraction of sp³-hybridized carbons (Fsp3) is 0.304. The molecule has 0 aliphatic carbocycles. The number of hydrogen-bond acceptors (Lipinski definition) is 7. The molecule has 0 saturated carbocycles. The maximum Gasteiger partial charge on any atom is 0.252 e. The Morgan fingerprint density at radius 2 is 2.12 bits per heavy atom. The van der Waals surface area contributed by atoms with Crippen molar-refractivity contribution in [3.8, 4) is 17.3 Å². The Labute approximate surface area is 185 Å². The molecule has 32 heavy (non-hydrogen) atoms. The molecular weight excluding hydrogens is 410 g/mol. The molecule has 0 unspecified atom stereocenters. The van der Waals surface area contributed by atoms with Crippen LogP contribution in [0.4, 0.5) is 0 Å². The van der Waals surface area contributed by atoms with Gasteiger partial charge in [0.05, 0.1) is 30.0 Å². The van der Waals surface area contributed by atoms with Gasteiger partial charge in [0.25, 0.3) is 5.91 Å². The summed E-state index contributed by atoms with van der Waals surface area (Å²) < 4.78 is 18.0. The molecule has 9 heteroatoms. The molecule has 1 amide bonds. The van der Waals surface area contributed by atoms with Crippen LogP contribution in [0.2, 0.25) is 0 Å². The first-order chi connectivity index (χ1) is 15.6. The van der Waals surface area contributed by atoms with E-state index < -0.39 is 0 Å². The zero-order valence-corrected chi connectivity index (χ0v) is 18.2. The molecule has 0 radical (unpaired) electrons. The molecule has 4 aromatic heterocycles. The first-order valence-corrected chi connectivity index (χ1v) is 10.3. The number of pyridine rings is 2. The van der Waals surface area contributed by atoms with E-state index in [9.17, 15) is 4.79 Å². The minimum Gasteiger partial charge on any atom is -0.475 e. The van der Waals surface area contributed by atoms with E-state index in [1.54, 1.807) is 48.6 Å². The van der Waals surface area contributed by atoms with Crippen LogP contribution >= 0.6 is 0 Å². The lowest BCUT2D eigenvalue weighted by Gasteiger charge is -2.12. The molecule has 0 aliphatic rings. The summed E-state index contributed by atoms with van der Waals surface area (Å²) in [6.07, 6.45) is 4.90. The normalized spacial score (nSPS) is 11.2. The quantitative estimate of drug-likeness (QED) is 0.400. The molecule has 0 atom stereocenters. The molecule has 0 bridgehead atoms. The van der Waals surface area contributed by atoms with Crippen LogP contribution in [0.1, 0.15) is 35.8 Å². The van der Waals surface area contributed by atoms with Gasteiger partial charge in [0, 0.05) is 31.5 Å². The number of nitrogens with one attached hydrogen (secondary N) is 1. The van der Waals surface area contributed by atoms with Crippen molar-refractivity contribution >= 4 is 16.9 Å². The van der Waals surface area contributed by atoms with Gasteiger partial charge >= 0.3 is 0 Å². The van der Waals surface area contributed by atoms with E-state index in [2.05, 4.69) is 15.4 Å². The molecule has 4 rings (SSSR count). The van der Waals surface area contributed by atoms with Crippen molar-refractivity contribution in [1.29, 1.82) is 0 Å². The first-order valence-electron chi connectivity index (χ1n) is 10.3. The number of methoxy groups -OCH3 is 1. The predicted molar refractivity (Wildman–Crippen MR) is 118 cm³/mol. The van der Waals surface area contributed by atoms with E-state index in [-0.39, 0.29) is 18.5 Å². The Hall–Kier alpha value is -3.72. The third kappa shape index (κ3) is 4.47. The zero-order valence-electron chi connectivity index (χ0n) is 18.2. The van der Waals surface area contributed by atoms with Gasteiger partial charge in [-0.2, -0.15) is 5.10 Å². The van der Waals surface area contributed by atoms with E-state index in [1.807, 2.05) is 26.0 Å². The number of hydrogen-bond donors (Lipinski definition) is 1. The van der Waals surface area contributed by atoms with Gasteiger partial charge < -0.3 is 19.2 Å². The van der Waals surface area contributed by atoms with Gasteiger partial charge in [0.15, 0.2) is 11.4 Å². The lowest BCUT2D eigenvalue weighted by Crippen LogP contribution is -2.24. The SMILES string of the molecule is COCCOc1ncccc1CNC(=O)c1cc(-c2ccco2)nc2c1cnn2C(C)C. The van der Waals surface area contributed by atoms with Crippen molar-refractivity contribution in [3.63, 3.8) is 0 Å². The van der Waals surface area contributed by atoms with Crippen molar-refractivity contribution in [2.75, 3.05) is 20.3 Å². The smallest absolute Gasteiger partial charge is 0.252 e. The molecule has 0 saturated heterocycles. The molecule has 1 N–H and O–H groups in total. The average Bonchev–Trinajstić information content (AvgIpc) is 3.48. The average molecular weight is 435 g/mol. The number of ether oxygens (including phenoxy) is 2. The highest BCUT2D eigenvalue weighted by Crippen LogP contribution is 2.27. The Kier molecular flexibility index (Phi) is 6.46. The molecule has 9 nitrogen and oxygen atoms in total. The van der Waals surface area contributed by atoms with Gasteiger partial charge in [0.2, 0.25) is 5.88 Å². The van der Waals surface area contributed by atoms with E-state index in [0.29, 0.717) is 47.1 Å². The Balaban J connectivity index is 1.63. The van der Waals surface area contributed by atoms with Gasteiger partial charge in [-0.25, -0.2) is 14.6 Å². The van der Waals surface area contributed by atoms with Gasteiger partial charge in [-0.15, -0.1) is 0 Å². The van der Waals surface area contributed by atoms with Crippen molar-refractivity contribution in [3.05, 3.63) is 60.1 Å². The first kappa shape index (κ1) is 21.5. The number of amides is 1. The number of carbonyl (C=O) groups excluding carboxylic acids is 1. The van der Waals surface area contributed by atoms with Crippen LogP contribution < -0.4 is 10.1 Å². The molecule has 0 fully saturated rings. The molecule has 0 aromatic carbocycles. The van der Waals surface area contributed by atoms with Gasteiger partial charge in [-0.05, 0) is 38.1 Å². The molecular formula is C23H25N5O4. The van der Waals surface area contributed by atoms with Gasteiger partial charge in [0.1, 0.15) is 12.3 Å². The zero-order chi connectivity index (χ0) is 22.5. The topological polar surface area (TPSA) is 104 Å². The van der Waals surface area contributed by atoms with Crippen LogP contribution in [0.3, 0.4) is 0 Å². The fourth-order valence-corrected chi connectivity index (χ4v) is 3.32. The van der Waals surface area contributed by atoms with E-state index in [0.717, 1.165) is 5.56 Å². The standard InChI is InChI=1S/C23H25N5O4/c1-15(2)28-21-18(14-26-28)17(12-19(27-21)20-7-5-9-31-20)22(29)25-13-16-6-4-8-24-23(16)32-11-10-30-3/h4-9,12,14-15H,10-11,13H2,1-3H3,(H,25,29). The van der Waals surface area contributed by atoms with Crippen molar-refractivity contribution in [2.45, 2.75) is 26.4 Å². The second-order valence-corrected chi connectivity index (χ2v) is 7.44. The molecule has 4 aromatic rings. The summed E-state index contributed by atoms with van der Waals surface area (Å²) >= 11 is 0. The minimum absolute atomic E-state index is 0.0879. The summed E-state index contributed by atoms with van der Waals surface area (Å²) in [6, 6.07) is 9.08. The number of rotatable bonds is 9. The predicted octanol–water partition coefficient (Wildman–Crippen LogP) is 3.62. The van der Waals surface area contributed by atoms with Crippen molar-refractivity contribution in [1.82, 2.24) is 25.1 Å². The molecule has 0 spiro atoms. The van der Waals surface area contributed by atoms with Gasteiger partial charge in [-0.1, -0.05) is 6.07 Å². The highest BCUT2D eigenvalue weighted by atomic mass is 16.5. The van der Waals surface area contributed by atoms with E-state index in [4.69, 9.17) is 18.9 Å².